The summed E-state index contributed by atoms with van der Waals surface area (Å²) in [4.78, 5) is 21.3. The molecule has 5 aromatic rings. The highest BCUT2D eigenvalue weighted by molar-refractivity contribution is 6.34. The van der Waals surface area contributed by atoms with E-state index >= 15 is 4.39 Å². The molecule has 34 heavy (non-hydrogen) atoms. The molecule has 3 heterocycles. The van der Waals surface area contributed by atoms with Gasteiger partial charge in [0.05, 0.1) is 40.5 Å². The largest absolute Gasteiger partial charge is 0.486 e. The third-order valence-electron chi connectivity index (χ3n) is 5.18. The van der Waals surface area contributed by atoms with Gasteiger partial charge in [0.25, 0.3) is 5.91 Å². The minimum absolute atomic E-state index is 0.0472. The first kappa shape index (κ1) is 21.6. The maximum Gasteiger partial charge on any atom is 0.260 e. The summed E-state index contributed by atoms with van der Waals surface area (Å²) >= 11 is 6.16. The molecular formula is C24H17ClFN5O3. The minimum atomic E-state index is -0.859. The Balaban J connectivity index is 1.37. The van der Waals surface area contributed by atoms with Crippen molar-refractivity contribution >= 4 is 45.1 Å². The molecule has 2 aromatic carbocycles. The molecule has 5 rings (SSSR count). The molecular weight excluding hydrogens is 461 g/mol. The second kappa shape index (κ2) is 8.95. The second-order valence-corrected chi connectivity index (χ2v) is 7.77. The van der Waals surface area contributed by atoms with E-state index in [1.807, 2.05) is 30.3 Å². The van der Waals surface area contributed by atoms with Gasteiger partial charge in [-0.1, -0.05) is 23.7 Å². The number of ether oxygens (including phenoxy) is 2. The van der Waals surface area contributed by atoms with Gasteiger partial charge in [-0.2, -0.15) is 0 Å². The smallest absolute Gasteiger partial charge is 0.260 e. The van der Waals surface area contributed by atoms with Crippen molar-refractivity contribution < 1.29 is 18.7 Å². The number of hydrogen-bond donors (Lipinski definition) is 2. The Kier molecular flexibility index (Phi) is 5.69. The van der Waals surface area contributed by atoms with Gasteiger partial charge in [0.15, 0.2) is 17.2 Å². The number of carbonyl (C=O) groups excluding carboxylic acids is 1. The Morgan fingerprint density at radius 3 is 2.91 bits per heavy atom. The predicted molar refractivity (Wildman–Crippen MR) is 126 cm³/mol. The van der Waals surface area contributed by atoms with Crippen LogP contribution < -0.4 is 14.8 Å². The van der Waals surface area contributed by atoms with Crippen molar-refractivity contribution in [2.24, 2.45) is 0 Å². The fourth-order valence-corrected chi connectivity index (χ4v) is 3.76. The Morgan fingerprint density at radius 1 is 1.18 bits per heavy atom. The van der Waals surface area contributed by atoms with Crippen LogP contribution in [0.25, 0.3) is 21.9 Å². The van der Waals surface area contributed by atoms with Gasteiger partial charge in [0, 0.05) is 11.6 Å². The van der Waals surface area contributed by atoms with E-state index < -0.39 is 11.7 Å². The fraction of sp³-hybridized carbons (Fsp3) is 0.0833. The molecule has 0 fully saturated rings. The minimum Gasteiger partial charge on any atom is -0.486 e. The summed E-state index contributed by atoms with van der Waals surface area (Å²) in [5, 5.41) is 10.8. The number of carbonyl (C=O) groups is 1. The fourth-order valence-electron chi connectivity index (χ4n) is 3.53. The molecule has 0 atom stereocenters. The molecule has 0 aliphatic rings. The van der Waals surface area contributed by atoms with E-state index in [4.69, 9.17) is 21.1 Å². The molecule has 2 N–H and O–H groups in total. The molecule has 0 saturated heterocycles. The van der Waals surface area contributed by atoms with Crippen molar-refractivity contribution in [1.29, 1.82) is 0 Å². The van der Waals surface area contributed by atoms with Crippen LogP contribution >= 0.6 is 11.6 Å². The molecule has 0 aliphatic carbocycles. The van der Waals surface area contributed by atoms with E-state index in [2.05, 4.69) is 25.5 Å². The second-order valence-electron chi connectivity index (χ2n) is 7.36. The maximum atomic E-state index is 15.2. The number of aromatic amines is 1. The van der Waals surface area contributed by atoms with E-state index in [-0.39, 0.29) is 22.9 Å². The van der Waals surface area contributed by atoms with Crippen molar-refractivity contribution in [2.75, 3.05) is 12.4 Å². The van der Waals surface area contributed by atoms with E-state index in [9.17, 15) is 4.79 Å². The number of fused-ring (bicyclic) bond motifs is 2. The SMILES string of the molecule is COc1n[nH]c2ncc(NC(=O)c3c(Cl)ccc(OCc4ccc5ncccc5c4)c3F)cc12. The standard InChI is InChI=1S/C24H17ClFN5O3/c1-33-24-16-10-15(11-28-22(16)30-31-24)29-23(32)20-17(25)5-7-19(21(20)26)34-12-13-4-6-18-14(9-13)3-2-8-27-18/h2-11H,12H2,1H3,(H,29,32)(H,28,30,31). The number of methoxy groups -OCH3 is 1. The van der Waals surface area contributed by atoms with E-state index in [0.717, 1.165) is 16.5 Å². The van der Waals surface area contributed by atoms with Crippen LogP contribution in [-0.2, 0) is 6.61 Å². The van der Waals surface area contributed by atoms with Crippen molar-refractivity contribution in [3.05, 3.63) is 82.9 Å². The third kappa shape index (κ3) is 4.08. The number of anilines is 1. The number of H-pyrrole nitrogens is 1. The lowest BCUT2D eigenvalue weighted by Gasteiger charge is -2.12. The molecule has 0 radical (unpaired) electrons. The first-order valence-corrected chi connectivity index (χ1v) is 10.5. The number of pyridine rings is 2. The lowest BCUT2D eigenvalue weighted by atomic mass is 10.1. The van der Waals surface area contributed by atoms with Crippen molar-refractivity contribution in [3.63, 3.8) is 0 Å². The molecule has 0 unspecified atom stereocenters. The van der Waals surface area contributed by atoms with Crippen LogP contribution in [0.15, 0.2) is 60.9 Å². The summed E-state index contributed by atoms with van der Waals surface area (Å²) < 4.78 is 26.1. The van der Waals surface area contributed by atoms with E-state index in [1.165, 1.54) is 25.4 Å². The summed E-state index contributed by atoms with van der Waals surface area (Å²) in [5.41, 5.74) is 2.15. The van der Waals surface area contributed by atoms with Gasteiger partial charge in [-0.25, -0.2) is 9.37 Å². The van der Waals surface area contributed by atoms with Gasteiger partial charge in [0.1, 0.15) is 6.61 Å². The highest BCUT2D eigenvalue weighted by Crippen LogP contribution is 2.30. The van der Waals surface area contributed by atoms with Crippen molar-refractivity contribution in [2.45, 2.75) is 6.61 Å². The molecule has 8 nitrogen and oxygen atoms in total. The zero-order valence-corrected chi connectivity index (χ0v) is 18.6. The van der Waals surface area contributed by atoms with E-state index in [1.54, 1.807) is 12.3 Å². The number of benzene rings is 2. The summed E-state index contributed by atoms with van der Waals surface area (Å²) in [6.07, 6.45) is 3.13. The van der Waals surface area contributed by atoms with E-state index in [0.29, 0.717) is 22.6 Å². The number of halogens is 2. The summed E-state index contributed by atoms with van der Waals surface area (Å²) in [7, 11) is 1.47. The van der Waals surface area contributed by atoms with Gasteiger partial charge < -0.3 is 14.8 Å². The van der Waals surface area contributed by atoms with Gasteiger partial charge in [-0.15, -0.1) is 5.10 Å². The molecule has 0 saturated carbocycles. The van der Waals surface area contributed by atoms with Gasteiger partial charge >= 0.3 is 0 Å². The van der Waals surface area contributed by atoms with Crippen LogP contribution in [0.3, 0.4) is 0 Å². The predicted octanol–water partition coefficient (Wildman–Crippen LogP) is 5.14. The van der Waals surface area contributed by atoms with Crippen LogP contribution in [0.2, 0.25) is 5.02 Å². The Hall–Kier alpha value is -4.24. The number of nitrogens with one attached hydrogen (secondary N) is 2. The first-order chi connectivity index (χ1) is 16.5. The van der Waals surface area contributed by atoms with Gasteiger partial charge in [0.2, 0.25) is 5.88 Å². The monoisotopic (exact) mass is 477 g/mol. The normalized spacial score (nSPS) is 11.0. The summed E-state index contributed by atoms with van der Waals surface area (Å²) in [6, 6.07) is 13.8. The Morgan fingerprint density at radius 2 is 2.06 bits per heavy atom. The molecule has 0 aliphatic heterocycles. The molecule has 10 heteroatoms. The summed E-state index contributed by atoms with van der Waals surface area (Å²) in [6.45, 7) is 0.102. The van der Waals surface area contributed by atoms with Gasteiger partial charge in [-0.3, -0.25) is 14.9 Å². The van der Waals surface area contributed by atoms with Crippen LogP contribution in [0.5, 0.6) is 11.6 Å². The average molecular weight is 478 g/mol. The Labute approximate surface area is 197 Å². The van der Waals surface area contributed by atoms with Crippen LogP contribution in [0, 0.1) is 5.82 Å². The van der Waals surface area contributed by atoms with Crippen molar-refractivity contribution in [3.8, 4) is 11.6 Å². The molecule has 0 bridgehead atoms. The highest BCUT2D eigenvalue weighted by Gasteiger charge is 2.21. The number of amides is 1. The molecule has 1 amide bonds. The molecule has 170 valence electrons. The molecule has 3 aromatic heterocycles. The van der Waals surface area contributed by atoms with Crippen LogP contribution in [-0.4, -0.2) is 33.2 Å². The zero-order chi connectivity index (χ0) is 23.7. The molecule has 0 spiro atoms. The van der Waals surface area contributed by atoms with Crippen molar-refractivity contribution in [1.82, 2.24) is 20.2 Å². The van der Waals surface area contributed by atoms with Crippen LogP contribution in [0.1, 0.15) is 15.9 Å². The first-order valence-electron chi connectivity index (χ1n) is 10.2. The quantitative estimate of drug-likeness (QED) is 0.351. The number of aromatic nitrogens is 4. The summed E-state index contributed by atoms with van der Waals surface area (Å²) in [5.74, 6) is -1.37. The zero-order valence-electron chi connectivity index (χ0n) is 17.8. The van der Waals surface area contributed by atoms with Crippen LogP contribution in [0.4, 0.5) is 10.1 Å². The topological polar surface area (TPSA) is 102 Å². The lowest BCUT2D eigenvalue weighted by molar-refractivity contribution is 0.102. The number of nitrogens with zero attached hydrogens (tertiary/aromatic N) is 3. The average Bonchev–Trinajstić information content (AvgIpc) is 3.26. The lowest BCUT2D eigenvalue weighted by Crippen LogP contribution is -2.15. The third-order valence-corrected chi connectivity index (χ3v) is 5.49. The number of hydrogen-bond acceptors (Lipinski definition) is 6. The Bertz CT molecular complexity index is 1540. The maximum absolute atomic E-state index is 15.2. The highest BCUT2D eigenvalue weighted by atomic mass is 35.5. The van der Waals surface area contributed by atoms with Gasteiger partial charge in [-0.05, 0) is 42.0 Å². The number of rotatable bonds is 6.